The summed E-state index contributed by atoms with van der Waals surface area (Å²) in [6.45, 7) is 2.34. The van der Waals surface area contributed by atoms with Gasteiger partial charge in [0, 0.05) is 12.2 Å². The van der Waals surface area contributed by atoms with Crippen molar-refractivity contribution < 1.29 is 4.79 Å². The number of hydrogen-bond donors (Lipinski definition) is 2. The second kappa shape index (κ2) is 7.47. The molecule has 0 aliphatic heterocycles. The number of anilines is 2. The molecule has 2 rings (SSSR count). The maximum absolute atomic E-state index is 12.4. The summed E-state index contributed by atoms with van der Waals surface area (Å²) in [6, 6.07) is 9.69. The predicted molar refractivity (Wildman–Crippen MR) is 85.3 cm³/mol. The molecule has 2 aromatic rings. The molecule has 0 bridgehead atoms. The number of carbonyl (C=O) groups is 1. The summed E-state index contributed by atoms with van der Waals surface area (Å²) in [4.78, 5) is 18.0. The molecule has 3 N–H and O–H groups in total. The van der Waals surface area contributed by atoms with Crippen LogP contribution in [0.25, 0.3) is 0 Å². The fourth-order valence-corrected chi connectivity index (χ4v) is 2.49. The van der Waals surface area contributed by atoms with Crippen molar-refractivity contribution in [2.75, 3.05) is 22.9 Å². The van der Waals surface area contributed by atoms with Crippen molar-refractivity contribution >= 4 is 29.3 Å². The second-order valence-corrected chi connectivity index (χ2v) is 5.52. The number of nitriles is 1. The number of amides is 1. The van der Waals surface area contributed by atoms with E-state index in [1.165, 1.54) is 11.8 Å². The maximum atomic E-state index is 12.4. The van der Waals surface area contributed by atoms with Gasteiger partial charge in [0.05, 0.1) is 18.2 Å². The van der Waals surface area contributed by atoms with Gasteiger partial charge < -0.3 is 10.6 Å². The lowest BCUT2D eigenvalue weighted by molar-refractivity contribution is -0.116. The van der Waals surface area contributed by atoms with E-state index in [1.807, 2.05) is 31.2 Å². The van der Waals surface area contributed by atoms with E-state index in [4.69, 9.17) is 11.0 Å². The molecule has 0 unspecified atom stereocenters. The third kappa shape index (κ3) is 4.23. The molecule has 7 nitrogen and oxygen atoms in total. The van der Waals surface area contributed by atoms with Crippen LogP contribution in [0.15, 0.2) is 29.4 Å². The smallest absolute Gasteiger partial charge is 0.237 e. The third-order valence-corrected chi connectivity index (χ3v) is 3.73. The first-order valence-electron chi connectivity index (χ1n) is 6.65. The fourth-order valence-electron chi connectivity index (χ4n) is 1.81. The van der Waals surface area contributed by atoms with Gasteiger partial charge in [-0.05, 0) is 19.1 Å². The number of aryl methyl sites for hydroxylation is 1. The molecule has 1 heterocycles. The summed E-state index contributed by atoms with van der Waals surface area (Å²) >= 11 is 1.20. The average Bonchev–Trinajstić information content (AvgIpc) is 2.93. The summed E-state index contributed by atoms with van der Waals surface area (Å²) in [7, 11) is 0. The van der Waals surface area contributed by atoms with Crippen LogP contribution in [0.3, 0.4) is 0 Å². The zero-order chi connectivity index (χ0) is 15.9. The first-order valence-corrected chi connectivity index (χ1v) is 7.63. The van der Waals surface area contributed by atoms with E-state index in [1.54, 1.807) is 4.90 Å². The largest absolute Gasteiger partial charge is 0.368 e. The van der Waals surface area contributed by atoms with Gasteiger partial charge in [-0.15, -0.1) is 5.10 Å². The van der Waals surface area contributed by atoms with E-state index in [-0.39, 0.29) is 24.0 Å². The van der Waals surface area contributed by atoms with Gasteiger partial charge in [0.25, 0.3) is 0 Å². The minimum atomic E-state index is -0.104. The monoisotopic (exact) mass is 316 g/mol. The Kier molecular flexibility index (Phi) is 5.38. The summed E-state index contributed by atoms with van der Waals surface area (Å²) < 4.78 is 0. The van der Waals surface area contributed by atoms with Crippen LogP contribution in [0.4, 0.5) is 11.6 Å². The molecule has 1 aromatic carbocycles. The van der Waals surface area contributed by atoms with E-state index in [2.05, 4.69) is 21.3 Å². The zero-order valence-corrected chi connectivity index (χ0v) is 12.9. The number of nitrogens with zero attached hydrogens (tertiary/aromatic N) is 4. The van der Waals surface area contributed by atoms with Gasteiger partial charge in [0.1, 0.15) is 0 Å². The Morgan fingerprint density at radius 3 is 2.77 bits per heavy atom. The number of nitrogens with one attached hydrogen (secondary N) is 1. The van der Waals surface area contributed by atoms with E-state index in [9.17, 15) is 4.79 Å². The van der Waals surface area contributed by atoms with Gasteiger partial charge in [0.15, 0.2) is 0 Å². The van der Waals surface area contributed by atoms with Crippen LogP contribution in [-0.2, 0) is 4.79 Å². The average molecular weight is 316 g/mol. The Bertz CT molecular complexity index is 675. The topological polar surface area (TPSA) is 112 Å². The van der Waals surface area contributed by atoms with Crippen molar-refractivity contribution in [2.45, 2.75) is 18.5 Å². The molecule has 114 valence electrons. The first kappa shape index (κ1) is 15.9. The number of nitrogen functional groups attached to an aromatic ring is 1. The minimum Gasteiger partial charge on any atom is -0.368 e. The number of hydrogen-bond acceptors (Lipinski definition) is 6. The Hall–Kier alpha value is -2.53. The quantitative estimate of drug-likeness (QED) is 0.785. The number of thioether (sulfide) groups is 1. The highest BCUT2D eigenvalue weighted by atomic mass is 32.2. The van der Waals surface area contributed by atoms with E-state index in [0.717, 1.165) is 11.3 Å². The van der Waals surface area contributed by atoms with Crippen LogP contribution < -0.4 is 10.6 Å². The van der Waals surface area contributed by atoms with Crippen LogP contribution in [0, 0.1) is 18.3 Å². The van der Waals surface area contributed by atoms with E-state index in [0.29, 0.717) is 11.7 Å². The highest BCUT2D eigenvalue weighted by Crippen LogP contribution is 2.19. The molecule has 0 aliphatic carbocycles. The Labute approximate surface area is 132 Å². The number of aromatic amines is 1. The van der Waals surface area contributed by atoms with Crippen LogP contribution in [-0.4, -0.2) is 33.4 Å². The number of nitrogens with two attached hydrogens (primary N) is 1. The third-order valence-electron chi connectivity index (χ3n) is 2.90. The lowest BCUT2D eigenvalue weighted by Crippen LogP contribution is -2.33. The molecular formula is C14H16N6OS. The van der Waals surface area contributed by atoms with Crippen molar-refractivity contribution in [3.05, 3.63) is 29.8 Å². The molecule has 0 aliphatic rings. The molecule has 22 heavy (non-hydrogen) atoms. The van der Waals surface area contributed by atoms with Crippen LogP contribution in [0.1, 0.15) is 12.0 Å². The van der Waals surface area contributed by atoms with Gasteiger partial charge in [-0.2, -0.15) is 10.2 Å². The fraction of sp³-hybridized carbons (Fsp3) is 0.286. The molecule has 0 radical (unpaired) electrons. The summed E-state index contributed by atoms with van der Waals surface area (Å²) in [6.07, 6.45) is 0.276. The highest BCUT2D eigenvalue weighted by Gasteiger charge is 2.16. The van der Waals surface area contributed by atoms with Crippen LogP contribution in [0.5, 0.6) is 0 Å². The lowest BCUT2D eigenvalue weighted by Gasteiger charge is -2.21. The molecule has 0 fully saturated rings. The highest BCUT2D eigenvalue weighted by molar-refractivity contribution is 7.99. The minimum absolute atomic E-state index is 0.104. The first-order chi connectivity index (χ1) is 10.6. The number of rotatable bonds is 6. The Morgan fingerprint density at radius 2 is 2.18 bits per heavy atom. The standard InChI is InChI=1S/C14H16N6OS/c1-10-3-5-11(6-4-10)20(8-2-7-15)12(21)9-22-14-17-13(16)18-19-14/h3-6H,2,8-9H2,1H3,(H3,16,17,18,19). The zero-order valence-electron chi connectivity index (χ0n) is 12.1. The summed E-state index contributed by atoms with van der Waals surface area (Å²) in [5.41, 5.74) is 7.33. The molecule has 1 amide bonds. The molecular weight excluding hydrogens is 300 g/mol. The van der Waals surface area contributed by atoms with E-state index >= 15 is 0 Å². The molecule has 0 atom stereocenters. The predicted octanol–water partition coefficient (Wildman–Crippen LogP) is 1.73. The van der Waals surface area contributed by atoms with Gasteiger partial charge >= 0.3 is 0 Å². The van der Waals surface area contributed by atoms with Crippen LogP contribution in [0.2, 0.25) is 0 Å². The lowest BCUT2D eigenvalue weighted by atomic mass is 10.2. The van der Waals surface area contributed by atoms with Gasteiger partial charge in [-0.1, -0.05) is 29.5 Å². The van der Waals surface area contributed by atoms with Crippen molar-refractivity contribution in [3.8, 4) is 6.07 Å². The Morgan fingerprint density at radius 1 is 1.45 bits per heavy atom. The van der Waals surface area contributed by atoms with Crippen LogP contribution >= 0.6 is 11.8 Å². The molecule has 0 saturated heterocycles. The number of benzene rings is 1. The molecule has 0 spiro atoms. The van der Waals surface area contributed by atoms with Crippen molar-refractivity contribution in [1.82, 2.24) is 15.2 Å². The number of carbonyl (C=O) groups excluding carboxylic acids is 1. The molecule has 8 heteroatoms. The number of H-pyrrole nitrogens is 1. The Balaban J connectivity index is 2.05. The maximum Gasteiger partial charge on any atom is 0.237 e. The number of aromatic nitrogens is 3. The molecule has 1 aromatic heterocycles. The summed E-state index contributed by atoms with van der Waals surface area (Å²) in [5.74, 6) is 0.290. The van der Waals surface area contributed by atoms with Gasteiger partial charge in [-0.3, -0.25) is 4.79 Å². The van der Waals surface area contributed by atoms with Crippen molar-refractivity contribution in [3.63, 3.8) is 0 Å². The molecule has 0 saturated carbocycles. The van der Waals surface area contributed by atoms with Gasteiger partial charge in [0.2, 0.25) is 17.0 Å². The van der Waals surface area contributed by atoms with Crippen molar-refractivity contribution in [1.29, 1.82) is 5.26 Å². The normalized spacial score (nSPS) is 10.2. The summed E-state index contributed by atoms with van der Waals surface area (Å²) in [5, 5.41) is 15.6. The SMILES string of the molecule is Cc1ccc(N(CCC#N)C(=O)CSc2n[nH]c(N)n2)cc1. The van der Waals surface area contributed by atoms with E-state index < -0.39 is 0 Å². The second-order valence-electron chi connectivity index (χ2n) is 4.58. The van der Waals surface area contributed by atoms with Crippen molar-refractivity contribution in [2.24, 2.45) is 0 Å². The van der Waals surface area contributed by atoms with Gasteiger partial charge in [-0.25, -0.2) is 5.10 Å².